The molecule has 0 aliphatic rings. The molecule has 2 rings (SSSR count). The van der Waals surface area contributed by atoms with Crippen molar-refractivity contribution in [2.75, 3.05) is 5.32 Å². The second kappa shape index (κ2) is 5.51. The number of halogens is 2. The van der Waals surface area contributed by atoms with Crippen LogP contribution in [0.25, 0.3) is 0 Å². The summed E-state index contributed by atoms with van der Waals surface area (Å²) in [4.78, 5) is 0. The molecule has 4 heteroatoms. The fourth-order valence-corrected chi connectivity index (χ4v) is 2.21. The number of rotatable bonds is 3. The summed E-state index contributed by atoms with van der Waals surface area (Å²) in [5.41, 5.74) is 2.59. The maximum Gasteiger partial charge on any atom is 0.122 e. The Hall–Kier alpha value is -1.38. The number of phenolic OH excluding ortho intramolecular Hbond substituents is 1. The quantitative estimate of drug-likeness (QED) is 0.861. The zero-order valence-electron chi connectivity index (χ0n) is 9.87. The first-order valence-corrected chi connectivity index (χ1v) is 6.30. The summed E-state index contributed by atoms with van der Waals surface area (Å²) < 4.78 is 0. The molecule has 0 saturated heterocycles. The lowest BCUT2D eigenvalue weighted by molar-refractivity contribution is 0.469. The molecule has 0 saturated carbocycles. The van der Waals surface area contributed by atoms with Gasteiger partial charge in [0.2, 0.25) is 0 Å². The Labute approximate surface area is 116 Å². The van der Waals surface area contributed by atoms with E-state index in [-0.39, 0.29) is 5.75 Å². The van der Waals surface area contributed by atoms with Crippen molar-refractivity contribution in [3.05, 3.63) is 57.6 Å². The molecule has 0 radical (unpaired) electrons. The fraction of sp³-hybridized carbons (Fsp3) is 0.143. The second-order valence-electron chi connectivity index (χ2n) is 4.07. The lowest BCUT2D eigenvalue weighted by Crippen LogP contribution is -2.01. The van der Waals surface area contributed by atoms with Crippen molar-refractivity contribution < 1.29 is 5.11 Å². The van der Waals surface area contributed by atoms with Crippen LogP contribution in [-0.4, -0.2) is 5.11 Å². The lowest BCUT2D eigenvalue weighted by Gasteiger charge is -2.11. The molecule has 0 heterocycles. The van der Waals surface area contributed by atoms with Gasteiger partial charge in [-0.3, -0.25) is 0 Å². The summed E-state index contributed by atoms with van der Waals surface area (Å²) in [6, 6.07) is 10.8. The Morgan fingerprint density at radius 2 is 1.89 bits per heavy atom. The van der Waals surface area contributed by atoms with Crippen LogP contribution >= 0.6 is 23.2 Å². The summed E-state index contributed by atoms with van der Waals surface area (Å²) in [6.07, 6.45) is 0. The topological polar surface area (TPSA) is 32.3 Å². The third kappa shape index (κ3) is 2.89. The predicted molar refractivity (Wildman–Crippen MR) is 76.6 cm³/mol. The van der Waals surface area contributed by atoms with E-state index >= 15 is 0 Å². The monoisotopic (exact) mass is 281 g/mol. The first kappa shape index (κ1) is 13.1. The minimum absolute atomic E-state index is 0.179. The fourth-order valence-electron chi connectivity index (χ4n) is 1.67. The van der Waals surface area contributed by atoms with Crippen LogP contribution in [0.15, 0.2) is 36.4 Å². The molecule has 0 aliphatic carbocycles. The third-order valence-corrected chi connectivity index (χ3v) is 3.34. The number of hydrogen-bond donors (Lipinski definition) is 2. The summed E-state index contributed by atoms with van der Waals surface area (Å²) in [6.45, 7) is 2.41. The van der Waals surface area contributed by atoms with E-state index < -0.39 is 0 Å². The second-order valence-corrected chi connectivity index (χ2v) is 4.89. The van der Waals surface area contributed by atoms with Gasteiger partial charge in [0.05, 0.1) is 10.7 Å². The Morgan fingerprint density at radius 3 is 2.56 bits per heavy atom. The van der Waals surface area contributed by atoms with Gasteiger partial charge >= 0.3 is 0 Å². The van der Waals surface area contributed by atoms with Gasteiger partial charge in [0.25, 0.3) is 0 Å². The van der Waals surface area contributed by atoms with Gasteiger partial charge in [0.1, 0.15) is 5.75 Å². The van der Waals surface area contributed by atoms with Crippen molar-refractivity contribution in [1.29, 1.82) is 0 Å². The molecule has 2 aromatic carbocycles. The molecule has 2 nitrogen and oxygen atoms in total. The van der Waals surface area contributed by atoms with Crippen LogP contribution in [0.4, 0.5) is 5.69 Å². The maximum absolute atomic E-state index is 9.73. The van der Waals surface area contributed by atoms with E-state index in [2.05, 4.69) is 5.32 Å². The number of anilines is 1. The summed E-state index contributed by atoms with van der Waals surface area (Å²) in [7, 11) is 0. The summed E-state index contributed by atoms with van der Waals surface area (Å²) in [5.74, 6) is 0.179. The number of hydrogen-bond acceptors (Lipinski definition) is 2. The molecule has 0 aromatic heterocycles. The zero-order chi connectivity index (χ0) is 13.1. The molecule has 94 valence electrons. The van der Waals surface area contributed by atoms with Gasteiger partial charge in [-0.1, -0.05) is 35.3 Å². The first-order chi connectivity index (χ1) is 8.58. The van der Waals surface area contributed by atoms with Gasteiger partial charge in [0, 0.05) is 17.1 Å². The average Bonchev–Trinajstić information content (AvgIpc) is 2.31. The van der Waals surface area contributed by atoms with Gasteiger partial charge in [0.15, 0.2) is 0 Å². The van der Waals surface area contributed by atoms with Crippen LogP contribution in [0.3, 0.4) is 0 Å². The first-order valence-electron chi connectivity index (χ1n) is 5.54. The Kier molecular flexibility index (Phi) is 4.00. The highest BCUT2D eigenvalue weighted by Gasteiger charge is 2.07. The predicted octanol–water partition coefficient (Wildman–Crippen LogP) is 4.62. The molecule has 2 aromatic rings. The van der Waals surface area contributed by atoms with Crippen LogP contribution < -0.4 is 5.32 Å². The molecule has 0 unspecified atom stereocenters. The van der Waals surface area contributed by atoms with E-state index in [1.807, 2.05) is 25.1 Å². The Balaban J connectivity index is 2.16. The molecule has 0 aliphatic heterocycles. The Bertz CT molecular complexity index is 549. The third-order valence-electron chi connectivity index (χ3n) is 2.67. The van der Waals surface area contributed by atoms with Crippen LogP contribution in [-0.2, 0) is 6.54 Å². The maximum atomic E-state index is 9.73. The highest BCUT2D eigenvalue weighted by Crippen LogP contribution is 2.28. The summed E-state index contributed by atoms with van der Waals surface area (Å²) in [5, 5.41) is 14.1. The van der Waals surface area contributed by atoms with E-state index in [4.69, 9.17) is 23.2 Å². The van der Waals surface area contributed by atoms with Crippen molar-refractivity contribution in [2.24, 2.45) is 0 Å². The van der Waals surface area contributed by atoms with Gasteiger partial charge in [-0.15, -0.1) is 0 Å². The van der Waals surface area contributed by atoms with Crippen LogP contribution in [0.1, 0.15) is 11.1 Å². The highest BCUT2D eigenvalue weighted by molar-refractivity contribution is 6.33. The van der Waals surface area contributed by atoms with E-state index in [9.17, 15) is 5.11 Å². The van der Waals surface area contributed by atoms with E-state index in [1.54, 1.807) is 18.2 Å². The number of aryl methyl sites for hydroxylation is 1. The van der Waals surface area contributed by atoms with Crippen LogP contribution in [0, 0.1) is 6.92 Å². The van der Waals surface area contributed by atoms with Crippen molar-refractivity contribution in [3.63, 3.8) is 0 Å². The van der Waals surface area contributed by atoms with E-state index in [0.717, 1.165) is 11.3 Å². The molecular weight excluding hydrogens is 269 g/mol. The number of benzene rings is 2. The molecule has 0 atom stereocenters. The van der Waals surface area contributed by atoms with Crippen molar-refractivity contribution in [3.8, 4) is 5.75 Å². The molecule has 0 amide bonds. The van der Waals surface area contributed by atoms with Crippen LogP contribution in [0.5, 0.6) is 5.75 Å². The lowest BCUT2D eigenvalue weighted by atomic mass is 10.2. The van der Waals surface area contributed by atoms with Crippen molar-refractivity contribution >= 4 is 28.9 Å². The van der Waals surface area contributed by atoms with Crippen molar-refractivity contribution in [1.82, 2.24) is 0 Å². The minimum Gasteiger partial charge on any atom is -0.508 e. The molecule has 2 N–H and O–H groups in total. The SMILES string of the molecule is Cc1ccc(NCc2c(O)cccc2Cl)c(Cl)c1. The highest BCUT2D eigenvalue weighted by atomic mass is 35.5. The number of aromatic hydroxyl groups is 1. The largest absolute Gasteiger partial charge is 0.508 e. The summed E-state index contributed by atoms with van der Waals surface area (Å²) >= 11 is 12.1. The minimum atomic E-state index is 0.179. The Morgan fingerprint density at radius 1 is 1.11 bits per heavy atom. The molecule has 0 fully saturated rings. The molecular formula is C14H13Cl2NO. The van der Waals surface area contributed by atoms with Gasteiger partial charge in [-0.05, 0) is 36.8 Å². The van der Waals surface area contributed by atoms with Gasteiger partial charge in [-0.2, -0.15) is 0 Å². The number of phenols is 1. The van der Waals surface area contributed by atoms with E-state index in [1.165, 1.54) is 0 Å². The van der Waals surface area contributed by atoms with Crippen molar-refractivity contribution in [2.45, 2.75) is 13.5 Å². The normalized spacial score (nSPS) is 10.4. The average molecular weight is 282 g/mol. The molecule has 0 bridgehead atoms. The van der Waals surface area contributed by atoms with Crippen LogP contribution in [0.2, 0.25) is 10.0 Å². The number of nitrogens with one attached hydrogen (secondary N) is 1. The van der Waals surface area contributed by atoms with Gasteiger partial charge in [-0.25, -0.2) is 0 Å². The zero-order valence-corrected chi connectivity index (χ0v) is 11.4. The molecule has 18 heavy (non-hydrogen) atoms. The standard InChI is InChI=1S/C14H13Cl2NO/c1-9-5-6-13(12(16)7-9)17-8-10-11(15)3-2-4-14(10)18/h2-7,17-18H,8H2,1H3. The van der Waals surface area contributed by atoms with Gasteiger partial charge < -0.3 is 10.4 Å². The molecule has 0 spiro atoms. The van der Waals surface area contributed by atoms with E-state index in [0.29, 0.717) is 22.2 Å². The smallest absolute Gasteiger partial charge is 0.122 e.